The Morgan fingerprint density at radius 1 is 0.958 bits per heavy atom. The highest BCUT2D eigenvalue weighted by Gasteiger charge is 2.03. The van der Waals surface area contributed by atoms with Crippen LogP contribution in [0.4, 0.5) is 11.4 Å². The lowest BCUT2D eigenvalue weighted by atomic mass is 10.3. The van der Waals surface area contributed by atoms with Gasteiger partial charge in [0.2, 0.25) is 5.91 Å². The van der Waals surface area contributed by atoms with Gasteiger partial charge in [0, 0.05) is 11.4 Å². The fourth-order valence-electron chi connectivity index (χ4n) is 2.11. The number of nitrogens with one attached hydrogen (secondary N) is 2. The molecule has 128 valence electrons. The quantitative estimate of drug-likeness (QED) is 0.771. The van der Waals surface area contributed by atoms with Crippen molar-refractivity contribution in [1.82, 2.24) is 0 Å². The van der Waals surface area contributed by atoms with Gasteiger partial charge in [0.05, 0.1) is 19.3 Å². The second kappa shape index (κ2) is 8.82. The van der Waals surface area contributed by atoms with Gasteiger partial charge in [0.1, 0.15) is 11.5 Å². The van der Waals surface area contributed by atoms with Crippen LogP contribution in [0.15, 0.2) is 48.5 Å². The molecule has 0 unspecified atom stereocenters. The number of ether oxygens (including phenoxy) is 2. The van der Waals surface area contributed by atoms with Crippen LogP contribution < -0.4 is 20.1 Å². The third-order valence-corrected chi connectivity index (χ3v) is 3.13. The Labute approximate surface area is 143 Å². The minimum Gasteiger partial charge on any atom is -0.494 e. The van der Waals surface area contributed by atoms with E-state index in [0.29, 0.717) is 6.61 Å². The Kier molecular flexibility index (Phi) is 6.49. The molecule has 2 aromatic carbocycles. The van der Waals surface area contributed by atoms with Gasteiger partial charge in [-0.25, -0.2) is 0 Å². The van der Waals surface area contributed by atoms with Gasteiger partial charge in [-0.2, -0.15) is 0 Å². The van der Waals surface area contributed by atoms with Gasteiger partial charge in [0.25, 0.3) is 0 Å². The van der Waals surface area contributed by atoms with E-state index >= 15 is 0 Å². The molecule has 0 aliphatic carbocycles. The molecule has 5 heteroatoms. The lowest BCUT2D eigenvalue weighted by Crippen LogP contribution is -2.21. The molecule has 1 amide bonds. The molecule has 0 aromatic heterocycles. The summed E-state index contributed by atoms with van der Waals surface area (Å²) in [7, 11) is 0. The molecular formula is C19H24N2O3. The third-order valence-electron chi connectivity index (χ3n) is 3.13. The van der Waals surface area contributed by atoms with Crippen molar-refractivity contribution in [2.24, 2.45) is 0 Å². The zero-order chi connectivity index (χ0) is 17.4. The molecule has 2 N–H and O–H groups in total. The summed E-state index contributed by atoms with van der Waals surface area (Å²) in [4.78, 5) is 12.0. The van der Waals surface area contributed by atoms with Crippen molar-refractivity contribution in [3.63, 3.8) is 0 Å². The maximum absolute atomic E-state index is 12.0. The Bertz CT molecular complexity index is 637. The molecule has 0 bridgehead atoms. The zero-order valence-electron chi connectivity index (χ0n) is 14.3. The molecule has 0 atom stereocenters. The van der Waals surface area contributed by atoms with Gasteiger partial charge >= 0.3 is 0 Å². The van der Waals surface area contributed by atoms with E-state index in [-0.39, 0.29) is 18.6 Å². The number of carbonyl (C=O) groups excluding carboxylic acids is 1. The summed E-state index contributed by atoms with van der Waals surface area (Å²) < 4.78 is 11.0. The van der Waals surface area contributed by atoms with Crippen molar-refractivity contribution in [1.29, 1.82) is 0 Å². The number of amides is 1. The monoisotopic (exact) mass is 328 g/mol. The summed E-state index contributed by atoms with van der Waals surface area (Å²) in [6.45, 7) is 6.71. The average Bonchev–Trinajstić information content (AvgIpc) is 2.56. The van der Waals surface area contributed by atoms with E-state index in [1.165, 1.54) is 0 Å². The predicted molar refractivity (Wildman–Crippen MR) is 96.9 cm³/mol. The van der Waals surface area contributed by atoms with Crippen LogP contribution in [0.2, 0.25) is 0 Å². The van der Waals surface area contributed by atoms with Crippen molar-refractivity contribution in [3.8, 4) is 11.5 Å². The van der Waals surface area contributed by atoms with Crippen LogP contribution in [0.25, 0.3) is 0 Å². The van der Waals surface area contributed by atoms with E-state index in [2.05, 4.69) is 10.6 Å². The Hall–Kier alpha value is -2.69. The molecule has 0 aliphatic rings. The van der Waals surface area contributed by atoms with Crippen LogP contribution in [-0.4, -0.2) is 25.2 Å². The van der Waals surface area contributed by atoms with Crippen LogP contribution in [0.5, 0.6) is 11.5 Å². The molecule has 0 aliphatic heterocycles. The van der Waals surface area contributed by atoms with Crippen molar-refractivity contribution in [2.75, 3.05) is 23.8 Å². The van der Waals surface area contributed by atoms with E-state index in [0.717, 1.165) is 22.9 Å². The Morgan fingerprint density at radius 2 is 1.54 bits per heavy atom. The van der Waals surface area contributed by atoms with Gasteiger partial charge in [0.15, 0.2) is 0 Å². The van der Waals surface area contributed by atoms with Gasteiger partial charge in [-0.05, 0) is 69.3 Å². The molecule has 0 spiro atoms. The third kappa shape index (κ3) is 5.83. The van der Waals surface area contributed by atoms with Crippen LogP contribution in [0, 0.1) is 0 Å². The topological polar surface area (TPSA) is 59.6 Å². The minimum atomic E-state index is -0.110. The Morgan fingerprint density at radius 3 is 2.12 bits per heavy atom. The molecular weight excluding hydrogens is 304 g/mol. The summed E-state index contributed by atoms with van der Waals surface area (Å²) in [5.41, 5.74) is 1.61. The van der Waals surface area contributed by atoms with E-state index in [9.17, 15) is 4.79 Å². The summed E-state index contributed by atoms with van der Waals surface area (Å²) in [5.74, 6) is 1.49. The largest absolute Gasteiger partial charge is 0.494 e. The van der Waals surface area contributed by atoms with Gasteiger partial charge in [-0.15, -0.1) is 0 Å². The average molecular weight is 328 g/mol. The second-order valence-electron chi connectivity index (χ2n) is 5.55. The smallest absolute Gasteiger partial charge is 0.243 e. The van der Waals surface area contributed by atoms with Crippen LogP contribution in [-0.2, 0) is 4.79 Å². The molecule has 0 fully saturated rings. The lowest BCUT2D eigenvalue weighted by Gasteiger charge is -2.11. The van der Waals surface area contributed by atoms with Gasteiger partial charge in [-0.1, -0.05) is 0 Å². The first-order valence-electron chi connectivity index (χ1n) is 8.10. The first-order chi connectivity index (χ1) is 11.6. The molecule has 2 rings (SSSR count). The molecule has 5 nitrogen and oxygen atoms in total. The van der Waals surface area contributed by atoms with E-state index in [1.807, 2.05) is 69.3 Å². The van der Waals surface area contributed by atoms with Crippen LogP contribution in [0.3, 0.4) is 0 Å². The van der Waals surface area contributed by atoms with E-state index in [1.54, 1.807) is 0 Å². The number of benzene rings is 2. The van der Waals surface area contributed by atoms with E-state index in [4.69, 9.17) is 9.47 Å². The molecule has 24 heavy (non-hydrogen) atoms. The molecule has 0 saturated carbocycles. The van der Waals surface area contributed by atoms with Crippen LogP contribution >= 0.6 is 0 Å². The standard InChI is InChI=1S/C19H24N2O3/c1-4-23-17-9-7-16(8-10-17)21-19(22)13-20-15-5-11-18(12-6-15)24-14(2)3/h5-12,14,20H,4,13H2,1-3H3,(H,21,22). The van der Waals surface area contributed by atoms with Gasteiger partial charge < -0.3 is 20.1 Å². The van der Waals surface area contributed by atoms with Crippen LogP contribution in [0.1, 0.15) is 20.8 Å². The maximum atomic E-state index is 12.0. The number of anilines is 2. The fraction of sp³-hybridized carbons (Fsp3) is 0.316. The maximum Gasteiger partial charge on any atom is 0.243 e. The summed E-state index contributed by atoms with van der Waals surface area (Å²) in [6.07, 6.45) is 0.142. The second-order valence-corrected chi connectivity index (χ2v) is 5.55. The van der Waals surface area contributed by atoms with E-state index < -0.39 is 0 Å². The highest BCUT2D eigenvalue weighted by atomic mass is 16.5. The highest BCUT2D eigenvalue weighted by molar-refractivity contribution is 5.93. The first kappa shape index (κ1) is 17.7. The van der Waals surface area contributed by atoms with Crippen molar-refractivity contribution in [3.05, 3.63) is 48.5 Å². The summed E-state index contributed by atoms with van der Waals surface area (Å²) in [6, 6.07) is 14.9. The molecule has 2 aromatic rings. The number of carbonyl (C=O) groups is 1. The number of hydrogen-bond donors (Lipinski definition) is 2. The number of rotatable bonds is 8. The Balaban J connectivity index is 1.80. The molecule has 0 saturated heterocycles. The minimum absolute atomic E-state index is 0.110. The fourth-order valence-corrected chi connectivity index (χ4v) is 2.11. The van der Waals surface area contributed by atoms with Gasteiger partial charge in [-0.3, -0.25) is 4.79 Å². The normalized spacial score (nSPS) is 10.3. The van der Waals surface area contributed by atoms with Crippen molar-refractivity contribution in [2.45, 2.75) is 26.9 Å². The summed E-state index contributed by atoms with van der Waals surface area (Å²) >= 11 is 0. The van der Waals surface area contributed by atoms with Crippen molar-refractivity contribution >= 4 is 17.3 Å². The predicted octanol–water partition coefficient (Wildman–Crippen LogP) is 3.92. The highest BCUT2D eigenvalue weighted by Crippen LogP contribution is 2.17. The summed E-state index contributed by atoms with van der Waals surface area (Å²) in [5, 5.41) is 5.92. The number of hydrogen-bond acceptors (Lipinski definition) is 4. The molecule has 0 heterocycles. The van der Waals surface area contributed by atoms with Crippen molar-refractivity contribution < 1.29 is 14.3 Å². The lowest BCUT2D eigenvalue weighted by molar-refractivity contribution is -0.114. The SMILES string of the molecule is CCOc1ccc(NC(=O)CNc2ccc(OC(C)C)cc2)cc1. The first-order valence-corrected chi connectivity index (χ1v) is 8.10. The molecule has 0 radical (unpaired) electrons. The zero-order valence-corrected chi connectivity index (χ0v) is 14.3.